The molecule has 2 aromatic rings. The van der Waals surface area contributed by atoms with E-state index in [1.165, 1.54) is 42.4 Å². The zero-order valence-corrected chi connectivity index (χ0v) is 18.8. The molecule has 3 aliphatic rings. The first-order valence-electron chi connectivity index (χ1n) is 11.9. The van der Waals surface area contributed by atoms with Gasteiger partial charge in [-0.15, -0.1) is 0 Å². The first kappa shape index (κ1) is 20.6. The van der Waals surface area contributed by atoms with Crippen LogP contribution in [0, 0.1) is 18.8 Å². The van der Waals surface area contributed by atoms with E-state index >= 15 is 0 Å². The summed E-state index contributed by atoms with van der Waals surface area (Å²) in [5.41, 5.74) is 6.10. The van der Waals surface area contributed by atoms with Crippen LogP contribution in [-0.4, -0.2) is 37.6 Å². The highest BCUT2D eigenvalue weighted by Gasteiger charge is 2.35. The van der Waals surface area contributed by atoms with E-state index in [-0.39, 0.29) is 5.91 Å². The fourth-order valence-corrected chi connectivity index (χ4v) is 5.59. The molecule has 2 aliphatic heterocycles. The van der Waals surface area contributed by atoms with Crippen molar-refractivity contribution in [2.75, 3.05) is 26.7 Å². The largest absolute Gasteiger partial charge is 0.497 e. The molecule has 31 heavy (non-hydrogen) atoms. The summed E-state index contributed by atoms with van der Waals surface area (Å²) in [6.07, 6.45) is 5.99. The predicted molar refractivity (Wildman–Crippen MR) is 124 cm³/mol. The van der Waals surface area contributed by atoms with E-state index in [1.807, 2.05) is 6.07 Å². The summed E-state index contributed by atoms with van der Waals surface area (Å²) in [6.45, 7) is 6.04. The van der Waals surface area contributed by atoms with Crippen LogP contribution >= 0.6 is 0 Å². The van der Waals surface area contributed by atoms with Crippen LogP contribution in [-0.2, 0) is 13.0 Å². The summed E-state index contributed by atoms with van der Waals surface area (Å²) in [4.78, 5) is 15.1. The maximum atomic E-state index is 13.0. The molecule has 0 bridgehead atoms. The van der Waals surface area contributed by atoms with Crippen molar-refractivity contribution in [3.05, 3.63) is 64.2 Å². The number of rotatable bonds is 7. The molecule has 1 saturated heterocycles. The molecule has 1 unspecified atom stereocenters. The molecule has 5 rings (SSSR count). The molecule has 4 heteroatoms. The quantitative estimate of drug-likeness (QED) is 0.709. The standard InChI is InChI=1S/C27H34N2O2/c1-18-12-22(15-23-17-29(16-19-6-7-19)27(30)26(18)23)25(21-8-10-28-11-9-21)14-20-4-3-5-24(13-20)31-2/h3-5,12-13,15,19,21,25,28H,6-11,14,16-17H2,1-2H3. The normalized spacial score (nSPS) is 20.1. The molecule has 2 heterocycles. The minimum absolute atomic E-state index is 0.247. The highest BCUT2D eigenvalue weighted by Crippen LogP contribution is 2.39. The summed E-state index contributed by atoms with van der Waals surface area (Å²) in [5.74, 6) is 3.02. The van der Waals surface area contributed by atoms with Crippen LogP contribution in [0.5, 0.6) is 5.75 Å². The van der Waals surface area contributed by atoms with Crippen LogP contribution in [0.4, 0.5) is 0 Å². The van der Waals surface area contributed by atoms with Gasteiger partial charge in [-0.05, 0) is 104 Å². The average Bonchev–Trinajstić information content (AvgIpc) is 3.55. The summed E-state index contributed by atoms with van der Waals surface area (Å²) in [5, 5.41) is 3.52. The number of ether oxygens (including phenoxy) is 1. The Morgan fingerprint density at radius 1 is 1.13 bits per heavy atom. The minimum atomic E-state index is 0.247. The van der Waals surface area contributed by atoms with Gasteiger partial charge in [-0.25, -0.2) is 0 Å². The van der Waals surface area contributed by atoms with Gasteiger partial charge in [-0.2, -0.15) is 0 Å². The molecule has 2 fully saturated rings. The molecule has 1 atom stereocenters. The Balaban J connectivity index is 1.46. The van der Waals surface area contributed by atoms with E-state index < -0.39 is 0 Å². The summed E-state index contributed by atoms with van der Waals surface area (Å²) < 4.78 is 5.47. The van der Waals surface area contributed by atoms with Crippen LogP contribution < -0.4 is 10.1 Å². The number of benzene rings is 2. The first-order chi connectivity index (χ1) is 15.1. The molecule has 0 radical (unpaired) electrons. The molecule has 4 nitrogen and oxygen atoms in total. The zero-order valence-electron chi connectivity index (χ0n) is 18.8. The summed E-state index contributed by atoms with van der Waals surface area (Å²) in [6, 6.07) is 13.2. The number of nitrogens with zero attached hydrogens (tertiary/aromatic N) is 1. The SMILES string of the molecule is COc1cccc(CC(c2cc(C)c3c(c2)CN(CC2CC2)C3=O)C2CCNCC2)c1. The molecule has 1 amide bonds. The lowest BCUT2D eigenvalue weighted by atomic mass is 9.76. The molecule has 1 N–H and O–H groups in total. The van der Waals surface area contributed by atoms with E-state index in [1.54, 1.807) is 7.11 Å². The number of carbonyl (C=O) groups excluding carboxylic acids is 1. The Morgan fingerprint density at radius 2 is 1.94 bits per heavy atom. The van der Waals surface area contributed by atoms with Crippen molar-refractivity contribution in [1.82, 2.24) is 10.2 Å². The molecule has 1 saturated carbocycles. The predicted octanol–water partition coefficient (Wildman–Crippen LogP) is 4.70. The Bertz CT molecular complexity index is 960. The maximum absolute atomic E-state index is 13.0. The van der Waals surface area contributed by atoms with E-state index in [9.17, 15) is 4.79 Å². The van der Waals surface area contributed by atoms with Crippen molar-refractivity contribution in [3.8, 4) is 5.75 Å². The number of carbonyl (C=O) groups is 1. The number of hydrogen-bond donors (Lipinski definition) is 1. The van der Waals surface area contributed by atoms with Crippen molar-refractivity contribution in [2.45, 2.75) is 51.5 Å². The Morgan fingerprint density at radius 3 is 2.68 bits per heavy atom. The molecular formula is C27H34N2O2. The summed E-state index contributed by atoms with van der Waals surface area (Å²) in [7, 11) is 1.73. The van der Waals surface area contributed by atoms with Crippen molar-refractivity contribution in [3.63, 3.8) is 0 Å². The van der Waals surface area contributed by atoms with E-state index in [0.29, 0.717) is 11.8 Å². The fourth-order valence-electron chi connectivity index (χ4n) is 5.59. The van der Waals surface area contributed by atoms with Gasteiger partial charge in [0.25, 0.3) is 5.91 Å². The van der Waals surface area contributed by atoms with Crippen molar-refractivity contribution >= 4 is 5.91 Å². The Labute approximate surface area is 186 Å². The van der Waals surface area contributed by atoms with Crippen LogP contribution in [0.25, 0.3) is 0 Å². The number of nitrogens with one attached hydrogen (secondary N) is 1. The number of aryl methyl sites for hydroxylation is 1. The second-order valence-electron chi connectivity index (χ2n) is 9.75. The van der Waals surface area contributed by atoms with Crippen LogP contribution in [0.15, 0.2) is 36.4 Å². The van der Waals surface area contributed by atoms with Crippen molar-refractivity contribution in [1.29, 1.82) is 0 Å². The smallest absolute Gasteiger partial charge is 0.254 e. The van der Waals surface area contributed by atoms with Gasteiger partial charge in [0, 0.05) is 18.7 Å². The molecule has 1 aliphatic carbocycles. The lowest BCUT2D eigenvalue weighted by molar-refractivity contribution is 0.0770. The molecule has 2 aromatic carbocycles. The highest BCUT2D eigenvalue weighted by atomic mass is 16.5. The lowest BCUT2D eigenvalue weighted by Gasteiger charge is -2.32. The van der Waals surface area contributed by atoms with Gasteiger partial charge in [0.15, 0.2) is 0 Å². The van der Waals surface area contributed by atoms with Gasteiger partial charge < -0.3 is 15.0 Å². The second kappa shape index (κ2) is 8.66. The van der Waals surface area contributed by atoms with E-state index in [0.717, 1.165) is 55.4 Å². The fraction of sp³-hybridized carbons (Fsp3) is 0.519. The number of fused-ring (bicyclic) bond motifs is 1. The summed E-state index contributed by atoms with van der Waals surface area (Å²) >= 11 is 0. The van der Waals surface area contributed by atoms with Gasteiger partial charge >= 0.3 is 0 Å². The van der Waals surface area contributed by atoms with Crippen molar-refractivity contribution in [2.24, 2.45) is 11.8 Å². The first-order valence-corrected chi connectivity index (χ1v) is 11.9. The zero-order chi connectivity index (χ0) is 21.4. The molecule has 0 spiro atoms. The molecule has 0 aromatic heterocycles. The van der Waals surface area contributed by atoms with Gasteiger partial charge in [0.05, 0.1) is 7.11 Å². The second-order valence-corrected chi connectivity index (χ2v) is 9.75. The average molecular weight is 419 g/mol. The Hall–Kier alpha value is -2.33. The van der Waals surface area contributed by atoms with Crippen LogP contribution in [0.2, 0.25) is 0 Å². The number of methoxy groups -OCH3 is 1. The topological polar surface area (TPSA) is 41.6 Å². The third-order valence-electron chi connectivity index (χ3n) is 7.45. The third-order valence-corrected chi connectivity index (χ3v) is 7.45. The maximum Gasteiger partial charge on any atom is 0.254 e. The highest BCUT2D eigenvalue weighted by molar-refractivity contribution is 5.99. The van der Waals surface area contributed by atoms with E-state index in [2.05, 4.69) is 47.5 Å². The molecule has 164 valence electrons. The number of piperidine rings is 1. The van der Waals surface area contributed by atoms with Gasteiger partial charge in [0.1, 0.15) is 5.75 Å². The van der Waals surface area contributed by atoms with E-state index in [4.69, 9.17) is 4.74 Å². The van der Waals surface area contributed by atoms with Gasteiger partial charge in [-0.1, -0.05) is 24.3 Å². The monoisotopic (exact) mass is 418 g/mol. The molecular weight excluding hydrogens is 384 g/mol. The lowest BCUT2D eigenvalue weighted by Crippen LogP contribution is -2.31. The number of hydrogen-bond acceptors (Lipinski definition) is 3. The Kier molecular flexibility index (Phi) is 5.75. The van der Waals surface area contributed by atoms with Crippen LogP contribution in [0.3, 0.4) is 0 Å². The van der Waals surface area contributed by atoms with Crippen molar-refractivity contribution < 1.29 is 9.53 Å². The van der Waals surface area contributed by atoms with Crippen LogP contribution in [0.1, 0.15) is 64.2 Å². The van der Waals surface area contributed by atoms with Gasteiger partial charge in [0.2, 0.25) is 0 Å². The number of amides is 1. The third kappa shape index (κ3) is 4.36. The minimum Gasteiger partial charge on any atom is -0.497 e. The van der Waals surface area contributed by atoms with Gasteiger partial charge in [-0.3, -0.25) is 4.79 Å².